The lowest BCUT2D eigenvalue weighted by atomic mass is 10.3. The van der Waals surface area contributed by atoms with Crippen LogP contribution in [0.2, 0.25) is 0 Å². The summed E-state index contributed by atoms with van der Waals surface area (Å²) in [5.41, 5.74) is 0. The van der Waals surface area contributed by atoms with Crippen LogP contribution >= 0.6 is 47.8 Å². The minimum absolute atomic E-state index is 0.0671. The van der Waals surface area contributed by atoms with Crippen molar-refractivity contribution in [3.63, 3.8) is 0 Å². The van der Waals surface area contributed by atoms with Crippen LogP contribution in [0.25, 0.3) is 0 Å². The van der Waals surface area contributed by atoms with Gasteiger partial charge in [-0.1, -0.05) is 6.07 Å². The molecular weight excluding hydrogens is 430 g/mol. The maximum absolute atomic E-state index is 12.0. The van der Waals surface area contributed by atoms with Gasteiger partial charge in [0.05, 0.1) is 4.90 Å². The Morgan fingerprint density at radius 2 is 1.94 bits per heavy atom. The normalized spacial score (nSPS) is 12.2. The Morgan fingerprint density at radius 1 is 1.31 bits per heavy atom. The monoisotopic (exact) mass is 433 g/mol. The molecule has 0 aliphatic heterocycles. The number of benzene rings is 1. The fourth-order valence-electron chi connectivity index (χ4n) is 0.916. The van der Waals surface area contributed by atoms with Gasteiger partial charge in [0, 0.05) is 0 Å². The number of halogens is 3. The van der Waals surface area contributed by atoms with Crippen LogP contribution in [0.5, 0.6) is 5.75 Å². The Kier molecular flexibility index (Phi) is 4.56. The van der Waals surface area contributed by atoms with Crippen LogP contribution in [0.1, 0.15) is 0 Å². The second-order valence-electron chi connectivity index (χ2n) is 2.66. The third kappa shape index (κ3) is 3.06. The fraction of sp³-hybridized carbons (Fsp3) is 0.125. The highest BCUT2D eigenvalue weighted by molar-refractivity contribution is 9.42. The zero-order valence-corrected chi connectivity index (χ0v) is 13.2. The van der Waals surface area contributed by atoms with Crippen LogP contribution in [-0.2, 0) is 9.84 Å². The van der Waals surface area contributed by atoms with E-state index >= 15 is 0 Å². The molecule has 88 valence electrons. The summed E-state index contributed by atoms with van der Waals surface area (Å²) in [4.78, 5) is 0.0671. The van der Waals surface area contributed by atoms with E-state index in [2.05, 4.69) is 47.8 Å². The molecule has 0 spiro atoms. The standard InChI is InChI=1S/C8H6Br3NO3S/c9-8(10,11)16(13,14)7-3-1-2-6(4-7)15-5-12/h1-5,12H. The largest absolute Gasteiger partial charge is 0.446 e. The predicted octanol–water partition coefficient (Wildman–Crippen LogP) is 3.24. The minimum atomic E-state index is -3.62. The van der Waals surface area contributed by atoms with E-state index in [0.717, 1.165) is 6.40 Å². The molecule has 1 N–H and O–H groups in total. The van der Waals surface area contributed by atoms with Gasteiger partial charge in [0.2, 0.25) is 11.3 Å². The van der Waals surface area contributed by atoms with Crippen molar-refractivity contribution in [3.05, 3.63) is 24.3 Å². The SMILES string of the molecule is N=COc1cccc(S(=O)(=O)C(Br)(Br)Br)c1. The Bertz CT molecular complexity index is 495. The number of nitrogens with one attached hydrogen (secondary N) is 1. The van der Waals surface area contributed by atoms with Crippen LogP contribution in [0, 0.1) is 5.41 Å². The Hall–Kier alpha value is 0.0800. The van der Waals surface area contributed by atoms with Gasteiger partial charge in [-0.3, -0.25) is 5.41 Å². The summed E-state index contributed by atoms with van der Waals surface area (Å²) in [6.45, 7) is 0. The molecule has 0 aromatic heterocycles. The van der Waals surface area contributed by atoms with Gasteiger partial charge >= 0.3 is 0 Å². The van der Waals surface area contributed by atoms with Crippen molar-refractivity contribution in [3.8, 4) is 5.75 Å². The molecule has 1 aromatic rings. The van der Waals surface area contributed by atoms with Crippen molar-refractivity contribution in [1.82, 2.24) is 0 Å². The molecule has 1 rings (SSSR count). The third-order valence-corrected chi connectivity index (χ3v) is 6.94. The first-order chi connectivity index (χ1) is 7.29. The molecule has 0 aliphatic carbocycles. The van der Waals surface area contributed by atoms with Crippen LogP contribution in [0.15, 0.2) is 29.2 Å². The molecule has 0 heterocycles. The van der Waals surface area contributed by atoms with Crippen molar-refractivity contribution >= 4 is 64.0 Å². The Balaban J connectivity index is 3.24. The molecule has 0 saturated carbocycles. The summed E-state index contributed by atoms with van der Waals surface area (Å²) in [6, 6.07) is 5.86. The number of rotatable bonds is 3. The van der Waals surface area contributed by atoms with Gasteiger partial charge in [0.15, 0.2) is 6.40 Å². The quantitative estimate of drug-likeness (QED) is 0.450. The lowest BCUT2D eigenvalue weighted by Crippen LogP contribution is -2.17. The summed E-state index contributed by atoms with van der Waals surface area (Å²) in [6.07, 6.45) is 0.732. The minimum Gasteiger partial charge on any atom is -0.446 e. The first-order valence-electron chi connectivity index (χ1n) is 3.86. The smallest absolute Gasteiger partial charge is 0.239 e. The number of hydrogen-bond donors (Lipinski definition) is 1. The first kappa shape index (κ1) is 14.1. The number of alkyl halides is 3. The van der Waals surface area contributed by atoms with E-state index in [-0.39, 0.29) is 10.6 Å². The molecule has 0 aliphatic rings. The van der Waals surface area contributed by atoms with Crippen molar-refractivity contribution in [2.24, 2.45) is 0 Å². The first-order valence-corrected chi connectivity index (χ1v) is 7.72. The van der Waals surface area contributed by atoms with E-state index in [0.29, 0.717) is 0 Å². The lowest BCUT2D eigenvalue weighted by molar-refractivity contribution is 0.565. The van der Waals surface area contributed by atoms with Crippen molar-refractivity contribution in [1.29, 1.82) is 5.41 Å². The van der Waals surface area contributed by atoms with Crippen LogP contribution < -0.4 is 4.74 Å². The zero-order valence-electron chi connectivity index (χ0n) is 7.65. The van der Waals surface area contributed by atoms with Gasteiger partial charge in [-0.25, -0.2) is 8.42 Å². The van der Waals surface area contributed by atoms with E-state index in [1.165, 1.54) is 18.2 Å². The average molecular weight is 436 g/mol. The van der Waals surface area contributed by atoms with E-state index in [1.807, 2.05) is 0 Å². The van der Waals surface area contributed by atoms with Crippen LogP contribution in [0.4, 0.5) is 0 Å². The molecule has 8 heteroatoms. The molecule has 16 heavy (non-hydrogen) atoms. The van der Waals surface area contributed by atoms with Gasteiger partial charge in [-0.05, 0) is 66.0 Å². The molecule has 0 atom stereocenters. The van der Waals surface area contributed by atoms with E-state index in [1.54, 1.807) is 6.07 Å². The lowest BCUT2D eigenvalue weighted by Gasteiger charge is -2.13. The predicted molar refractivity (Wildman–Crippen MR) is 72.6 cm³/mol. The topological polar surface area (TPSA) is 67.2 Å². The molecule has 0 saturated heterocycles. The third-order valence-electron chi connectivity index (χ3n) is 1.62. The van der Waals surface area contributed by atoms with E-state index in [9.17, 15) is 8.42 Å². The molecular formula is C8H6Br3NO3S. The summed E-state index contributed by atoms with van der Waals surface area (Å²) in [5.74, 6) is 0.285. The van der Waals surface area contributed by atoms with Gasteiger partial charge in [-0.2, -0.15) is 0 Å². The zero-order chi connectivity index (χ0) is 12.4. The second-order valence-corrected chi connectivity index (χ2v) is 13.1. The van der Waals surface area contributed by atoms with Gasteiger partial charge < -0.3 is 4.74 Å². The molecule has 0 unspecified atom stereocenters. The maximum atomic E-state index is 12.0. The summed E-state index contributed by atoms with van der Waals surface area (Å²) in [7, 11) is -3.62. The Morgan fingerprint density at radius 3 is 2.44 bits per heavy atom. The highest BCUT2D eigenvalue weighted by Gasteiger charge is 2.37. The molecule has 4 nitrogen and oxygen atoms in total. The molecule has 1 aromatic carbocycles. The molecule has 0 fully saturated rings. The van der Waals surface area contributed by atoms with E-state index in [4.69, 9.17) is 10.1 Å². The fourth-order valence-corrected chi connectivity index (χ4v) is 3.39. The molecule has 0 radical (unpaired) electrons. The van der Waals surface area contributed by atoms with Crippen molar-refractivity contribution < 1.29 is 13.2 Å². The number of sulfone groups is 1. The summed E-state index contributed by atoms with van der Waals surface area (Å²) >= 11 is 8.88. The second kappa shape index (κ2) is 5.16. The van der Waals surface area contributed by atoms with Crippen molar-refractivity contribution in [2.75, 3.05) is 0 Å². The number of ether oxygens (including phenoxy) is 1. The number of hydrogen-bond acceptors (Lipinski definition) is 4. The Labute approximate surface area is 118 Å². The molecule has 0 amide bonds. The van der Waals surface area contributed by atoms with Crippen LogP contribution in [-0.4, -0.2) is 16.3 Å². The highest BCUT2D eigenvalue weighted by Crippen LogP contribution is 2.43. The van der Waals surface area contributed by atoms with Crippen LogP contribution in [0.3, 0.4) is 0 Å². The van der Waals surface area contributed by atoms with Gasteiger partial charge in [-0.15, -0.1) is 0 Å². The van der Waals surface area contributed by atoms with E-state index < -0.39 is 11.3 Å². The highest BCUT2D eigenvalue weighted by atomic mass is 80.0. The average Bonchev–Trinajstić information content (AvgIpc) is 2.17. The van der Waals surface area contributed by atoms with Crippen molar-refractivity contribution in [2.45, 2.75) is 6.37 Å². The van der Waals surface area contributed by atoms with Gasteiger partial charge in [0.25, 0.3) is 0 Å². The molecule has 0 bridgehead atoms. The summed E-state index contributed by atoms with van der Waals surface area (Å²) < 4.78 is 27.3. The maximum Gasteiger partial charge on any atom is 0.239 e. The van der Waals surface area contributed by atoms with Gasteiger partial charge in [0.1, 0.15) is 5.75 Å². The summed E-state index contributed by atoms with van der Waals surface area (Å²) in [5, 5.41) is 6.76.